The molecule has 0 atom stereocenters. The third-order valence-corrected chi connectivity index (χ3v) is 22.8. The summed E-state index contributed by atoms with van der Waals surface area (Å²) >= 11 is 0. The van der Waals surface area contributed by atoms with Gasteiger partial charge in [-0.05, 0) is 201 Å². The number of nitrogens with zero attached hydrogens (tertiary/aromatic N) is 5. The number of rotatable bonds is 12. The highest BCUT2D eigenvalue weighted by molar-refractivity contribution is 7.01. The summed E-state index contributed by atoms with van der Waals surface area (Å²) in [5, 5.41) is 0. The fourth-order valence-corrected chi connectivity index (χ4v) is 17.9. The quantitative estimate of drug-likeness (QED) is 0.0892. The van der Waals surface area contributed by atoms with E-state index in [9.17, 15) is 26.3 Å². The van der Waals surface area contributed by atoms with Crippen molar-refractivity contribution in [3.05, 3.63) is 392 Å². The first-order valence-corrected chi connectivity index (χ1v) is 37.9. The molecule has 4 heterocycles. The summed E-state index contributed by atoms with van der Waals surface area (Å²) in [6.07, 6.45) is -9.10. The Morgan fingerprint density at radius 3 is 1.15 bits per heavy atom. The predicted octanol–water partition coefficient (Wildman–Crippen LogP) is 24.3. The van der Waals surface area contributed by atoms with Gasteiger partial charge in [-0.1, -0.05) is 260 Å². The summed E-state index contributed by atoms with van der Waals surface area (Å²) in [6.45, 7) is 3.61. The van der Waals surface area contributed by atoms with Gasteiger partial charge in [0.05, 0.1) is 33.9 Å². The van der Waals surface area contributed by atoms with Crippen molar-refractivity contribution >= 4 is 132 Å². The number of hydrogen-bond donors (Lipinski definition) is 0. The number of halogens is 6. The van der Waals surface area contributed by atoms with Gasteiger partial charge in [-0.3, -0.25) is 0 Å². The minimum atomic E-state index is -4.55. The lowest BCUT2D eigenvalue weighted by molar-refractivity contribution is -0.138. The van der Waals surface area contributed by atoms with Gasteiger partial charge in [-0.15, -0.1) is 0 Å². The molecule has 0 unspecified atom stereocenters. The molecule has 0 N–H and O–H groups in total. The van der Waals surface area contributed by atoms with Crippen molar-refractivity contribution in [3.63, 3.8) is 0 Å². The molecular formula is C100H67B2F6N5. The van der Waals surface area contributed by atoms with E-state index in [1.807, 2.05) is 66.7 Å². The minimum Gasteiger partial charge on any atom is -0.311 e. The third-order valence-electron chi connectivity index (χ3n) is 22.8. The molecule has 16 aromatic carbocycles. The topological polar surface area (TPSA) is 16.2 Å². The monoisotopic (exact) mass is 1470 g/mol. The molecular weight excluding hydrogens is 1410 g/mol. The van der Waals surface area contributed by atoms with Gasteiger partial charge in [0.1, 0.15) is 0 Å². The van der Waals surface area contributed by atoms with Crippen LogP contribution in [0.5, 0.6) is 0 Å². The molecule has 4 aliphatic heterocycles. The molecule has 0 fully saturated rings. The van der Waals surface area contributed by atoms with Crippen LogP contribution in [0, 0.1) is 13.8 Å². The molecule has 0 aromatic heterocycles. The summed E-state index contributed by atoms with van der Waals surface area (Å²) in [7, 11) is 0. The van der Waals surface area contributed by atoms with E-state index in [2.05, 4.69) is 293 Å². The van der Waals surface area contributed by atoms with Crippen molar-refractivity contribution in [1.29, 1.82) is 0 Å². The lowest BCUT2D eigenvalue weighted by atomic mass is 9.33. The highest BCUT2D eigenvalue weighted by Gasteiger charge is 2.47. The standard InChI is InChI=1S/C100H67B2F6N5/c1-64-44-55-90-83(58-64)102-84-59-65(2)45-56-91(84)112(87-40-19-16-35-79(87)69-48-53-73(54-49-69)100(106,107)108)95-63-77(62-94(97(95)102)111(90)86-39-18-15-34-78(86)68-46-51-72(52-47-68)99(103,104)105)109(74-29-11-5-12-30-74)76-33-21-28-70(60-76)71-50-57-89-85(61-71)101-82-38-17-20-41-88(82)113(93-43-23-42-92(96(93)101)110(89)75-31-13-6-14-32-75)98-80(66-24-7-3-8-25-66)36-22-37-81(98)67-26-9-4-10-27-67/h3-63H,1-2H3. The second-order valence-electron chi connectivity index (χ2n) is 29.4. The molecule has 0 bridgehead atoms. The Balaban J connectivity index is 0.806. The predicted molar refractivity (Wildman–Crippen MR) is 456 cm³/mol. The van der Waals surface area contributed by atoms with Crippen molar-refractivity contribution in [3.8, 4) is 55.6 Å². The number of aryl methyl sites for hydroxylation is 2. The van der Waals surface area contributed by atoms with E-state index in [0.29, 0.717) is 22.3 Å². The van der Waals surface area contributed by atoms with Crippen LogP contribution in [0.3, 0.4) is 0 Å². The highest BCUT2D eigenvalue weighted by atomic mass is 19.4. The molecule has 0 radical (unpaired) electrons. The smallest absolute Gasteiger partial charge is 0.311 e. The molecule has 0 aliphatic carbocycles. The molecule has 113 heavy (non-hydrogen) atoms. The van der Waals surface area contributed by atoms with E-state index in [-0.39, 0.29) is 13.4 Å². The van der Waals surface area contributed by atoms with Crippen molar-refractivity contribution in [2.24, 2.45) is 0 Å². The van der Waals surface area contributed by atoms with Crippen LogP contribution in [-0.2, 0) is 12.4 Å². The van der Waals surface area contributed by atoms with Gasteiger partial charge in [0.15, 0.2) is 0 Å². The Morgan fingerprint density at radius 2 is 0.602 bits per heavy atom. The van der Waals surface area contributed by atoms with Gasteiger partial charge in [-0.2, -0.15) is 26.3 Å². The molecule has 5 nitrogen and oxygen atoms in total. The SMILES string of the molecule is Cc1ccc2c(c1)B1c3cc(C)ccc3N(c3ccccc3-c3ccc(C(F)(F)F)cc3)c3cc(N(c4ccccc4)c4cccc(-c5ccc6c(c5)B5c7ccccc7N(c7c(-c8ccccc8)cccc7-c7ccccc7)c7cccc(c75)N6c5ccccc5)c4)cc(c31)N2c1ccccc1-c1ccc(C(F)(F)F)cc1. The van der Waals surface area contributed by atoms with Crippen LogP contribution in [0.4, 0.5) is 112 Å². The van der Waals surface area contributed by atoms with E-state index in [1.165, 1.54) is 10.9 Å². The van der Waals surface area contributed by atoms with Crippen molar-refractivity contribution in [2.75, 3.05) is 24.5 Å². The maximum absolute atomic E-state index is 14.4. The summed E-state index contributed by atoms with van der Waals surface area (Å²) in [4.78, 5) is 11.8. The number of alkyl halides is 6. The van der Waals surface area contributed by atoms with E-state index in [1.54, 1.807) is 24.3 Å². The first-order chi connectivity index (χ1) is 55.2. The number of para-hydroxylation sites is 6. The Labute approximate surface area is 652 Å². The molecule has 0 saturated heterocycles. The van der Waals surface area contributed by atoms with Gasteiger partial charge in [-0.25, -0.2) is 0 Å². The fraction of sp³-hybridized carbons (Fsp3) is 0.0400. The highest BCUT2D eigenvalue weighted by Crippen LogP contribution is 2.54. The van der Waals surface area contributed by atoms with Crippen molar-refractivity contribution < 1.29 is 26.3 Å². The number of hydrogen-bond acceptors (Lipinski definition) is 5. The van der Waals surface area contributed by atoms with Crippen LogP contribution in [0.25, 0.3) is 55.6 Å². The van der Waals surface area contributed by atoms with Gasteiger partial charge < -0.3 is 24.5 Å². The molecule has 20 rings (SSSR count). The van der Waals surface area contributed by atoms with Crippen LogP contribution in [0.15, 0.2) is 370 Å². The van der Waals surface area contributed by atoms with E-state index in [0.717, 1.165) is 176 Å². The fourth-order valence-electron chi connectivity index (χ4n) is 17.9. The van der Waals surface area contributed by atoms with Crippen molar-refractivity contribution in [2.45, 2.75) is 26.2 Å². The third kappa shape index (κ3) is 11.6. The van der Waals surface area contributed by atoms with Crippen LogP contribution in [0.2, 0.25) is 0 Å². The van der Waals surface area contributed by atoms with E-state index < -0.39 is 23.5 Å². The van der Waals surface area contributed by atoms with Gasteiger partial charge in [0.2, 0.25) is 0 Å². The maximum Gasteiger partial charge on any atom is 0.416 e. The van der Waals surface area contributed by atoms with Crippen LogP contribution < -0.4 is 57.3 Å². The minimum absolute atomic E-state index is 0.212. The maximum atomic E-state index is 14.4. The first kappa shape index (κ1) is 68.5. The molecule has 4 aliphatic rings. The Kier molecular flexibility index (Phi) is 16.4. The normalized spacial score (nSPS) is 13.0. The Morgan fingerprint density at radius 1 is 0.239 bits per heavy atom. The second-order valence-corrected chi connectivity index (χ2v) is 29.4. The lowest BCUT2D eigenvalue weighted by Gasteiger charge is -2.45. The zero-order valence-corrected chi connectivity index (χ0v) is 61.4. The average molecular weight is 1470 g/mol. The molecule has 0 saturated carbocycles. The zero-order chi connectivity index (χ0) is 76.4. The summed E-state index contributed by atoms with van der Waals surface area (Å²) in [6, 6.07) is 125. The van der Waals surface area contributed by atoms with Gasteiger partial charge >= 0.3 is 12.4 Å². The molecule has 0 amide bonds. The van der Waals surface area contributed by atoms with Crippen LogP contribution in [-0.4, -0.2) is 13.4 Å². The number of anilines is 15. The lowest BCUT2D eigenvalue weighted by Crippen LogP contribution is -2.61. The molecule has 0 spiro atoms. The molecule has 16 aromatic rings. The van der Waals surface area contributed by atoms with Crippen molar-refractivity contribution in [1.82, 2.24) is 0 Å². The van der Waals surface area contributed by atoms with Gasteiger partial charge in [0, 0.05) is 84.8 Å². The van der Waals surface area contributed by atoms with Crippen LogP contribution >= 0.6 is 0 Å². The number of fused-ring (bicyclic) bond motifs is 8. The molecule has 13 heteroatoms. The summed E-state index contributed by atoms with van der Waals surface area (Å²) in [5.74, 6) is 0. The average Bonchev–Trinajstić information content (AvgIpc) is 0.707. The Hall–Kier alpha value is -13.8. The van der Waals surface area contributed by atoms with E-state index in [4.69, 9.17) is 0 Å². The van der Waals surface area contributed by atoms with E-state index >= 15 is 0 Å². The second kappa shape index (κ2) is 27.1. The summed E-state index contributed by atoms with van der Waals surface area (Å²) in [5.41, 5.74) is 30.0. The number of benzene rings is 16. The van der Waals surface area contributed by atoms with Gasteiger partial charge in [0.25, 0.3) is 13.4 Å². The van der Waals surface area contributed by atoms with Crippen LogP contribution in [0.1, 0.15) is 22.3 Å². The zero-order valence-electron chi connectivity index (χ0n) is 61.4. The summed E-state index contributed by atoms with van der Waals surface area (Å²) < 4.78 is 86.7. The first-order valence-electron chi connectivity index (χ1n) is 37.9. The molecule has 540 valence electrons. The largest absolute Gasteiger partial charge is 0.416 e. The Bertz CT molecular complexity index is 6180.